The van der Waals surface area contributed by atoms with Crippen LogP contribution in [-0.4, -0.2) is 35.9 Å². The first-order valence-electron chi connectivity index (χ1n) is 6.69. The molecule has 5 heteroatoms. The molecule has 0 saturated heterocycles. The van der Waals surface area contributed by atoms with Crippen LogP contribution in [0.1, 0.15) is 22.3 Å². The number of amides is 1. The summed E-state index contributed by atoms with van der Waals surface area (Å²) in [6, 6.07) is 9.60. The Morgan fingerprint density at radius 1 is 1.35 bits per heavy atom. The van der Waals surface area contributed by atoms with Gasteiger partial charge in [0.25, 0.3) is 5.91 Å². The smallest absolute Gasteiger partial charge is 0.272 e. The van der Waals surface area contributed by atoms with E-state index in [2.05, 4.69) is 21.7 Å². The summed E-state index contributed by atoms with van der Waals surface area (Å²) in [6.07, 6.45) is 0.882. The maximum Gasteiger partial charge on any atom is 0.272 e. The maximum absolute atomic E-state index is 12.3. The number of likely N-dealkylation sites (N-methyl/N-ethyl adjacent to an activating group) is 1. The third kappa shape index (κ3) is 3.81. The summed E-state index contributed by atoms with van der Waals surface area (Å²) < 4.78 is 0. The standard InChI is InChI=1S/C15H19N3OS/c1-3-16-14-8-4-7-13(17-14)15(19)18(2)10-9-12-6-5-11-20-12/h4-8,11H,3,9-10H2,1-2H3,(H,16,17). The molecule has 20 heavy (non-hydrogen) atoms. The van der Waals surface area contributed by atoms with E-state index in [-0.39, 0.29) is 5.91 Å². The lowest BCUT2D eigenvalue weighted by atomic mass is 10.3. The molecular formula is C15H19N3OS. The van der Waals surface area contributed by atoms with Crippen molar-refractivity contribution in [1.29, 1.82) is 0 Å². The molecule has 0 bridgehead atoms. The van der Waals surface area contributed by atoms with Gasteiger partial charge >= 0.3 is 0 Å². The van der Waals surface area contributed by atoms with Crippen molar-refractivity contribution in [2.75, 3.05) is 25.5 Å². The largest absolute Gasteiger partial charge is 0.370 e. The molecule has 2 heterocycles. The van der Waals surface area contributed by atoms with Gasteiger partial charge in [0, 0.05) is 25.0 Å². The summed E-state index contributed by atoms with van der Waals surface area (Å²) in [4.78, 5) is 19.6. The number of carbonyl (C=O) groups excluding carboxylic acids is 1. The van der Waals surface area contributed by atoms with Crippen molar-refractivity contribution in [1.82, 2.24) is 9.88 Å². The molecule has 0 spiro atoms. The number of hydrogen-bond donors (Lipinski definition) is 1. The third-order valence-electron chi connectivity index (χ3n) is 2.95. The van der Waals surface area contributed by atoms with E-state index >= 15 is 0 Å². The van der Waals surface area contributed by atoms with Gasteiger partial charge in [-0.3, -0.25) is 4.79 Å². The van der Waals surface area contributed by atoms with Crippen LogP contribution in [0.15, 0.2) is 35.7 Å². The molecule has 0 aliphatic heterocycles. The van der Waals surface area contributed by atoms with Gasteiger partial charge in [-0.25, -0.2) is 4.98 Å². The van der Waals surface area contributed by atoms with Crippen LogP contribution in [0.5, 0.6) is 0 Å². The number of thiophene rings is 1. The highest BCUT2D eigenvalue weighted by Crippen LogP contribution is 2.11. The highest BCUT2D eigenvalue weighted by atomic mass is 32.1. The number of rotatable bonds is 6. The van der Waals surface area contributed by atoms with Gasteiger partial charge < -0.3 is 10.2 Å². The summed E-state index contributed by atoms with van der Waals surface area (Å²) in [5, 5.41) is 5.17. The quantitative estimate of drug-likeness (QED) is 0.889. The van der Waals surface area contributed by atoms with E-state index in [4.69, 9.17) is 0 Å². The van der Waals surface area contributed by atoms with Crippen molar-refractivity contribution in [3.8, 4) is 0 Å². The Morgan fingerprint density at radius 2 is 2.20 bits per heavy atom. The lowest BCUT2D eigenvalue weighted by molar-refractivity contribution is 0.0791. The van der Waals surface area contributed by atoms with Crippen LogP contribution in [0.3, 0.4) is 0 Å². The fourth-order valence-electron chi connectivity index (χ4n) is 1.86. The van der Waals surface area contributed by atoms with Crippen LogP contribution in [0.25, 0.3) is 0 Å². The van der Waals surface area contributed by atoms with Gasteiger partial charge in [-0.05, 0) is 36.9 Å². The molecule has 0 radical (unpaired) electrons. The molecule has 0 atom stereocenters. The second kappa shape index (κ2) is 7.05. The summed E-state index contributed by atoms with van der Waals surface area (Å²) in [7, 11) is 1.82. The number of aromatic nitrogens is 1. The summed E-state index contributed by atoms with van der Waals surface area (Å²) >= 11 is 1.72. The zero-order valence-electron chi connectivity index (χ0n) is 11.8. The van der Waals surface area contributed by atoms with E-state index in [0.717, 1.165) is 18.8 Å². The first kappa shape index (κ1) is 14.5. The molecule has 0 saturated carbocycles. The van der Waals surface area contributed by atoms with Crippen molar-refractivity contribution in [2.45, 2.75) is 13.3 Å². The number of hydrogen-bond acceptors (Lipinski definition) is 4. The molecule has 0 aliphatic carbocycles. The summed E-state index contributed by atoms with van der Waals surface area (Å²) in [6.45, 7) is 3.49. The minimum absolute atomic E-state index is 0.0405. The third-order valence-corrected chi connectivity index (χ3v) is 3.88. The number of nitrogens with zero attached hydrogens (tertiary/aromatic N) is 2. The van der Waals surface area contributed by atoms with E-state index in [1.807, 2.05) is 32.2 Å². The Labute approximate surface area is 123 Å². The molecule has 106 valence electrons. The average Bonchev–Trinajstić information content (AvgIpc) is 2.98. The van der Waals surface area contributed by atoms with Gasteiger partial charge in [0.15, 0.2) is 0 Å². The summed E-state index contributed by atoms with van der Waals surface area (Å²) in [5.41, 5.74) is 0.483. The van der Waals surface area contributed by atoms with Crippen molar-refractivity contribution in [3.05, 3.63) is 46.3 Å². The highest BCUT2D eigenvalue weighted by Gasteiger charge is 2.13. The molecule has 1 amide bonds. The van der Waals surface area contributed by atoms with Crippen LogP contribution in [0, 0.1) is 0 Å². The van der Waals surface area contributed by atoms with Crippen LogP contribution in [0.2, 0.25) is 0 Å². The minimum atomic E-state index is -0.0405. The molecule has 2 aromatic heterocycles. The Balaban J connectivity index is 1.97. The SMILES string of the molecule is CCNc1cccc(C(=O)N(C)CCc2cccs2)n1. The van der Waals surface area contributed by atoms with E-state index in [9.17, 15) is 4.79 Å². The van der Waals surface area contributed by atoms with E-state index in [1.54, 1.807) is 22.3 Å². The molecule has 1 N–H and O–H groups in total. The molecule has 2 rings (SSSR count). The minimum Gasteiger partial charge on any atom is -0.370 e. The van der Waals surface area contributed by atoms with Crippen LogP contribution >= 0.6 is 11.3 Å². The maximum atomic E-state index is 12.3. The molecule has 0 fully saturated rings. The highest BCUT2D eigenvalue weighted by molar-refractivity contribution is 7.09. The van der Waals surface area contributed by atoms with Crippen molar-refractivity contribution < 1.29 is 4.79 Å². The van der Waals surface area contributed by atoms with Crippen LogP contribution in [-0.2, 0) is 6.42 Å². The zero-order chi connectivity index (χ0) is 14.4. The molecule has 0 aliphatic rings. The zero-order valence-corrected chi connectivity index (χ0v) is 12.6. The molecule has 2 aromatic rings. The van der Waals surface area contributed by atoms with E-state index in [0.29, 0.717) is 12.2 Å². The average molecular weight is 289 g/mol. The second-order valence-electron chi connectivity index (χ2n) is 4.49. The predicted octanol–water partition coefficient (Wildman–Crippen LogP) is 2.89. The number of pyridine rings is 1. The molecule has 0 unspecified atom stereocenters. The van der Waals surface area contributed by atoms with Gasteiger partial charge in [0.1, 0.15) is 11.5 Å². The molecule has 4 nitrogen and oxygen atoms in total. The van der Waals surface area contributed by atoms with E-state index < -0.39 is 0 Å². The number of carbonyl (C=O) groups is 1. The topological polar surface area (TPSA) is 45.2 Å². The van der Waals surface area contributed by atoms with Gasteiger partial charge in [-0.15, -0.1) is 11.3 Å². The van der Waals surface area contributed by atoms with Crippen LogP contribution in [0.4, 0.5) is 5.82 Å². The fourth-order valence-corrected chi connectivity index (χ4v) is 2.56. The van der Waals surface area contributed by atoms with Crippen molar-refractivity contribution in [2.24, 2.45) is 0 Å². The number of nitrogens with one attached hydrogen (secondary N) is 1. The fraction of sp³-hybridized carbons (Fsp3) is 0.333. The van der Waals surface area contributed by atoms with Crippen molar-refractivity contribution in [3.63, 3.8) is 0 Å². The second-order valence-corrected chi connectivity index (χ2v) is 5.53. The molecular weight excluding hydrogens is 270 g/mol. The first-order chi connectivity index (χ1) is 9.70. The van der Waals surface area contributed by atoms with Gasteiger partial charge in [0.2, 0.25) is 0 Å². The van der Waals surface area contributed by atoms with Gasteiger partial charge in [-0.1, -0.05) is 12.1 Å². The molecule has 0 aromatic carbocycles. The first-order valence-corrected chi connectivity index (χ1v) is 7.57. The summed E-state index contributed by atoms with van der Waals surface area (Å²) in [5.74, 6) is 0.700. The Bertz CT molecular complexity index is 554. The van der Waals surface area contributed by atoms with E-state index in [1.165, 1.54) is 4.88 Å². The van der Waals surface area contributed by atoms with Crippen LogP contribution < -0.4 is 5.32 Å². The Hall–Kier alpha value is -1.88. The Morgan fingerprint density at radius 3 is 2.90 bits per heavy atom. The lowest BCUT2D eigenvalue weighted by Gasteiger charge is -2.16. The normalized spacial score (nSPS) is 10.3. The van der Waals surface area contributed by atoms with Gasteiger partial charge in [0.05, 0.1) is 0 Å². The Kier molecular flexibility index (Phi) is 5.12. The monoisotopic (exact) mass is 289 g/mol. The van der Waals surface area contributed by atoms with Crippen molar-refractivity contribution >= 4 is 23.1 Å². The number of anilines is 1. The predicted molar refractivity (Wildman–Crippen MR) is 83.4 cm³/mol. The lowest BCUT2D eigenvalue weighted by Crippen LogP contribution is -2.29. The van der Waals surface area contributed by atoms with Gasteiger partial charge in [-0.2, -0.15) is 0 Å².